The Morgan fingerprint density at radius 3 is 3.08 bits per heavy atom. The summed E-state index contributed by atoms with van der Waals surface area (Å²) in [5.41, 5.74) is 2.41. The summed E-state index contributed by atoms with van der Waals surface area (Å²) in [6.07, 6.45) is 2.70. The van der Waals surface area contributed by atoms with Crippen LogP contribution in [-0.4, -0.2) is 22.5 Å². The highest BCUT2D eigenvalue weighted by Gasteiger charge is 1.97. The molecule has 2 nitrogen and oxygen atoms in total. The fraction of sp³-hybridized carbons (Fsp3) is 0.500. The van der Waals surface area contributed by atoms with Crippen LogP contribution >= 0.6 is 11.8 Å². The molecule has 1 aromatic heterocycles. The van der Waals surface area contributed by atoms with Gasteiger partial charge in [0.2, 0.25) is 0 Å². The molecule has 0 radical (unpaired) electrons. The lowest BCUT2D eigenvalue weighted by Gasteiger charge is -2.02. The van der Waals surface area contributed by atoms with Crippen molar-refractivity contribution >= 4 is 11.8 Å². The lowest BCUT2D eigenvalue weighted by atomic mass is 10.2. The van der Waals surface area contributed by atoms with Crippen molar-refractivity contribution in [3.05, 3.63) is 29.6 Å². The topological polar surface area (TPSA) is 33.1 Å². The summed E-state index contributed by atoms with van der Waals surface area (Å²) < 4.78 is 0. The number of aromatic nitrogens is 1. The highest BCUT2D eigenvalue weighted by Crippen LogP contribution is 2.13. The van der Waals surface area contributed by atoms with Crippen molar-refractivity contribution in [2.24, 2.45) is 0 Å². The molecule has 0 aliphatic rings. The van der Waals surface area contributed by atoms with Crippen molar-refractivity contribution in [2.45, 2.75) is 19.1 Å². The zero-order valence-electron chi connectivity index (χ0n) is 7.86. The minimum absolute atomic E-state index is 0.286. The second-order valence-electron chi connectivity index (χ2n) is 2.90. The van der Waals surface area contributed by atoms with Crippen LogP contribution in [-0.2, 0) is 5.75 Å². The van der Waals surface area contributed by atoms with Crippen LogP contribution in [0, 0.1) is 6.92 Å². The van der Waals surface area contributed by atoms with Gasteiger partial charge >= 0.3 is 0 Å². The molecule has 0 bridgehead atoms. The largest absolute Gasteiger partial charge is 0.396 e. The Balaban J connectivity index is 2.32. The summed E-state index contributed by atoms with van der Waals surface area (Å²) in [6, 6.07) is 4.03. The molecule has 1 rings (SSSR count). The van der Waals surface area contributed by atoms with Crippen LogP contribution in [0.2, 0.25) is 0 Å². The van der Waals surface area contributed by atoms with Crippen molar-refractivity contribution < 1.29 is 5.11 Å². The third-order valence-electron chi connectivity index (χ3n) is 1.80. The third kappa shape index (κ3) is 3.79. The Morgan fingerprint density at radius 2 is 2.38 bits per heavy atom. The molecule has 0 amide bonds. The number of nitrogens with zero attached hydrogens (tertiary/aromatic N) is 1. The van der Waals surface area contributed by atoms with E-state index in [9.17, 15) is 0 Å². The molecule has 1 aromatic rings. The number of pyridine rings is 1. The smallest absolute Gasteiger partial charge is 0.0531 e. The number of aliphatic hydroxyl groups excluding tert-OH is 1. The minimum Gasteiger partial charge on any atom is -0.396 e. The van der Waals surface area contributed by atoms with Crippen LogP contribution < -0.4 is 0 Å². The molecule has 0 atom stereocenters. The number of aryl methyl sites for hydroxylation is 1. The van der Waals surface area contributed by atoms with E-state index >= 15 is 0 Å². The molecule has 3 heteroatoms. The predicted octanol–water partition coefficient (Wildman–Crippen LogP) is 2.01. The molecule has 1 heterocycles. The van der Waals surface area contributed by atoms with E-state index in [4.69, 9.17) is 5.11 Å². The summed E-state index contributed by atoms with van der Waals surface area (Å²) in [4.78, 5) is 4.29. The van der Waals surface area contributed by atoms with Crippen molar-refractivity contribution in [3.8, 4) is 0 Å². The Hall–Kier alpha value is -0.540. The van der Waals surface area contributed by atoms with E-state index in [0.717, 1.165) is 23.6 Å². The first-order valence-electron chi connectivity index (χ1n) is 4.43. The normalized spacial score (nSPS) is 10.3. The highest BCUT2D eigenvalue weighted by atomic mass is 32.2. The molecule has 0 aliphatic heterocycles. The van der Waals surface area contributed by atoms with Gasteiger partial charge < -0.3 is 5.11 Å². The number of hydrogen-bond acceptors (Lipinski definition) is 3. The fourth-order valence-electron chi connectivity index (χ4n) is 1.00. The maximum absolute atomic E-state index is 8.59. The van der Waals surface area contributed by atoms with E-state index in [1.165, 1.54) is 5.56 Å². The first kappa shape index (κ1) is 10.5. The molecule has 0 unspecified atom stereocenters. The van der Waals surface area contributed by atoms with E-state index in [2.05, 4.69) is 18.0 Å². The molecule has 1 N–H and O–H groups in total. The van der Waals surface area contributed by atoms with Gasteiger partial charge in [-0.25, -0.2) is 0 Å². The second-order valence-corrected chi connectivity index (χ2v) is 4.00. The van der Waals surface area contributed by atoms with Crippen LogP contribution in [0.25, 0.3) is 0 Å². The highest BCUT2D eigenvalue weighted by molar-refractivity contribution is 7.98. The number of rotatable bonds is 5. The summed E-state index contributed by atoms with van der Waals surface area (Å²) in [5.74, 6) is 1.96. The van der Waals surface area contributed by atoms with Gasteiger partial charge in [0, 0.05) is 18.6 Å². The fourth-order valence-corrected chi connectivity index (χ4v) is 1.98. The average Bonchev–Trinajstić information content (AvgIpc) is 2.15. The Morgan fingerprint density at radius 1 is 1.54 bits per heavy atom. The van der Waals surface area contributed by atoms with E-state index in [-0.39, 0.29) is 6.61 Å². The SMILES string of the molecule is Cc1cccnc1CSCCCO. The van der Waals surface area contributed by atoms with E-state index in [1.54, 1.807) is 0 Å². The Labute approximate surface area is 83.4 Å². The zero-order valence-corrected chi connectivity index (χ0v) is 8.68. The minimum atomic E-state index is 0.286. The van der Waals surface area contributed by atoms with E-state index in [0.29, 0.717) is 0 Å². The average molecular weight is 197 g/mol. The monoisotopic (exact) mass is 197 g/mol. The van der Waals surface area contributed by atoms with Gasteiger partial charge in [0.15, 0.2) is 0 Å². The van der Waals surface area contributed by atoms with Gasteiger partial charge in [0.05, 0.1) is 5.69 Å². The van der Waals surface area contributed by atoms with Crippen LogP contribution in [0.5, 0.6) is 0 Å². The molecule has 0 saturated heterocycles. The number of hydrogen-bond donors (Lipinski definition) is 1. The zero-order chi connectivity index (χ0) is 9.52. The van der Waals surface area contributed by atoms with E-state index in [1.807, 2.05) is 24.0 Å². The van der Waals surface area contributed by atoms with Gasteiger partial charge in [-0.1, -0.05) is 6.07 Å². The quantitative estimate of drug-likeness (QED) is 0.733. The second kappa shape index (κ2) is 6.00. The van der Waals surface area contributed by atoms with Gasteiger partial charge in [0.25, 0.3) is 0 Å². The predicted molar refractivity (Wildman–Crippen MR) is 56.8 cm³/mol. The summed E-state index contributed by atoms with van der Waals surface area (Å²) in [7, 11) is 0. The molecule has 0 aromatic carbocycles. The molecule has 0 saturated carbocycles. The van der Waals surface area contributed by atoms with Crippen molar-refractivity contribution in [2.75, 3.05) is 12.4 Å². The number of thioether (sulfide) groups is 1. The van der Waals surface area contributed by atoms with Crippen molar-refractivity contribution in [1.29, 1.82) is 0 Å². The molecule has 0 aliphatic carbocycles. The van der Waals surface area contributed by atoms with E-state index < -0.39 is 0 Å². The molecule has 72 valence electrons. The van der Waals surface area contributed by atoms with Crippen LogP contribution in [0.1, 0.15) is 17.7 Å². The maximum atomic E-state index is 8.59. The number of aliphatic hydroxyl groups is 1. The lowest BCUT2D eigenvalue weighted by Crippen LogP contribution is -1.92. The van der Waals surface area contributed by atoms with Gasteiger partial charge in [-0.05, 0) is 30.7 Å². The van der Waals surface area contributed by atoms with Crippen LogP contribution in [0.15, 0.2) is 18.3 Å². The van der Waals surface area contributed by atoms with Crippen molar-refractivity contribution in [1.82, 2.24) is 4.98 Å². The lowest BCUT2D eigenvalue weighted by molar-refractivity contribution is 0.296. The summed E-state index contributed by atoms with van der Waals surface area (Å²) in [5, 5.41) is 8.59. The maximum Gasteiger partial charge on any atom is 0.0531 e. The summed E-state index contributed by atoms with van der Waals surface area (Å²) in [6.45, 7) is 2.36. The Bertz CT molecular complexity index is 252. The standard InChI is InChI=1S/C10H15NOS/c1-9-4-2-5-11-10(9)8-13-7-3-6-12/h2,4-5,12H,3,6-8H2,1H3. The summed E-state index contributed by atoms with van der Waals surface area (Å²) >= 11 is 1.82. The first-order valence-corrected chi connectivity index (χ1v) is 5.59. The van der Waals surface area contributed by atoms with Crippen molar-refractivity contribution in [3.63, 3.8) is 0 Å². The van der Waals surface area contributed by atoms with Crippen LogP contribution in [0.3, 0.4) is 0 Å². The molecular weight excluding hydrogens is 182 g/mol. The molecule has 0 fully saturated rings. The third-order valence-corrected chi connectivity index (χ3v) is 2.86. The van der Waals surface area contributed by atoms with Gasteiger partial charge in [0.1, 0.15) is 0 Å². The van der Waals surface area contributed by atoms with Crippen LogP contribution in [0.4, 0.5) is 0 Å². The first-order chi connectivity index (χ1) is 6.34. The molecule has 13 heavy (non-hydrogen) atoms. The van der Waals surface area contributed by atoms with Gasteiger partial charge in [-0.15, -0.1) is 0 Å². The van der Waals surface area contributed by atoms with Gasteiger partial charge in [-0.2, -0.15) is 11.8 Å². The molecule has 0 spiro atoms. The Kier molecular flexibility index (Phi) is 4.86. The molecular formula is C10H15NOS. The van der Waals surface area contributed by atoms with Gasteiger partial charge in [-0.3, -0.25) is 4.98 Å².